The van der Waals surface area contributed by atoms with Crippen molar-refractivity contribution in [3.05, 3.63) is 10.6 Å². The number of urea groups is 1. The Morgan fingerprint density at radius 2 is 2.04 bits per heavy atom. The summed E-state index contributed by atoms with van der Waals surface area (Å²) >= 11 is 1.49. The van der Waals surface area contributed by atoms with Gasteiger partial charge in [-0.3, -0.25) is 15.0 Å². The normalized spacial score (nSPS) is 18.1. The van der Waals surface area contributed by atoms with Gasteiger partial charge in [0.05, 0.1) is 25.5 Å². The van der Waals surface area contributed by atoms with Crippen molar-refractivity contribution in [2.75, 3.05) is 44.7 Å². The third kappa shape index (κ3) is 4.90. The highest BCUT2D eigenvalue weighted by atomic mass is 32.1. The molecule has 2 aliphatic rings. The number of carbonyl (C=O) groups excluding carboxylic acids is 2. The highest BCUT2D eigenvalue weighted by Crippen LogP contribution is 2.28. The van der Waals surface area contributed by atoms with Gasteiger partial charge in [0.1, 0.15) is 0 Å². The minimum atomic E-state index is -0.236. The second kappa shape index (κ2) is 8.11. The predicted octanol–water partition coefficient (Wildman–Crippen LogP) is 0.890. The summed E-state index contributed by atoms with van der Waals surface area (Å²) in [5, 5.41) is 6.19. The first-order valence-corrected chi connectivity index (χ1v) is 9.47. The van der Waals surface area contributed by atoms with Gasteiger partial charge in [-0.2, -0.15) is 0 Å². The van der Waals surface area contributed by atoms with Crippen molar-refractivity contribution < 1.29 is 14.3 Å². The van der Waals surface area contributed by atoms with Crippen molar-refractivity contribution in [1.82, 2.24) is 20.1 Å². The molecular weight excluding hydrogens is 342 g/mol. The predicted molar refractivity (Wildman–Crippen MR) is 95.8 cm³/mol. The number of morpholine rings is 1. The first-order valence-electron chi connectivity index (χ1n) is 8.65. The summed E-state index contributed by atoms with van der Waals surface area (Å²) < 4.78 is 5.29. The van der Waals surface area contributed by atoms with Crippen LogP contribution in [0.15, 0.2) is 0 Å². The number of carbonyl (C=O) groups is 2. The molecule has 138 valence electrons. The van der Waals surface area contributed by atoms with Gasteiger partial charge in [-0.05, 0) is 13.8 Å². The lowest BCUT2D eigenvalue weighted by atomic mass is 10.2. The van der Waals surface area contributed by atoms with Crippen LogP contribution in [0.2, 0.25) is 0 Å². The maximum atomic E-state index is 12.4. The molecule has 0 unspecified atom stereocenters. The first-order chi connectivity index (χ1) is 12.0. The molecule has 2 N–H and O–H groups in total. The highest BCUT2D eigenvalue weighted by molar-refractivity contribution is 7.15. The first kappa shape index (κ1) is 18.1. The van der Waals surface area contributed by atoms with Crippen molar-refractivity contribution >= 4 is 28.4 Å². The van der Waals surface area contributed by atoms with Crippen LogP contribution in [0, 0.1) is 0 Å². The minimum absolute atomic E-state index is 0.0799. The molecule has 0 radical (unpaired) electrons. The number of nitrogens with zero attached hydrogens (tertiary/aromatic N) is 3. The van der Waals surface area contributed by atoms with Crippen LogP contribution in [-0.2, 0) is 22.5 Å². The maximum Gasteiger partial charge on any atom is 0.321 e. The lowest BCUT2D eigenvalue weighted by Crippen LogP contribution is -2.46. The molecule has 25 heavy (non-hydrogen) atoms. The number of thiazole rings is 1. The van der Waals surface area contributed by atoms with Gasteiger partial charge in [0, 0.05) is 43.5 Å². The third-order valence-electron chi connectivity index (χ3n) is 4.17. The Bertz CT molecular complexity index is 627. The van der Waals surface area contributed by atoms with E-state index in [4.69, 9.17) is 4.74 Å². The number of ether oxygens (including phenoxy) is 1. The SMILES string of the molecule is CC(C)NC(=O)Nc1nc2c(s1)CN(CC(=O)N1CCOCC1)CC2. The van der Waals surface area contributed by atoms with E-state index in [0.29, 0.717) is 44.5 Å². The zero-order valence-corrected chi connectivity index (χ0v) is 15.5. The number of fused-ring (bicyclic) bond motifs is 1. The molecule has 0 spiro atoms. The summed E-state index contributed by atoms with van der Waals surface area (Å²) in [5.41, 5.74) is 1.03. The van der Waals surface area contributed by atoms with Gasteiger partial charge < -0.3 is 15.0 Å². The maximum absolute atomic E-state index is 12.4. The molecule has 3 heterocycles. The van der Waals surface area contributed by atoms with E-state index in [1.54, 1.807) is 0 Å². The molecule has 3 amide bonds. The van der Waals surface area contributed by atoms with E-state index < -0.39 is 0 Å². The molecule has 1 aromatic rings. The standard InChI is InChI=1S/C16H25N5O3S/c1-11(2)17-15(23)19-16-18-12-3-4-20(9-13(12)25-16)10-14(22)21-5-7-24-8-6-21/h11H,3-10H2,1-2H3,(H2,17,18,19,23). The minimum Gasteiger partial charge on any atom is -0.378 e. The molecule has 3 rings (SSSR count). The smallest absolute Gasteiger partial charge is 0.321 e. The number of hydrogen-bond donors (Lipinski definition) is 2. The summed E-state index contributed by atoms with van der Waals surface area (Å²) in [6, 6.07) is -0.156. The lowest BCUT2D eigenvalue weighted by Gasteiger charge is -2.31. The Kier molecular flexibility index (Phi) is 5.87. The molecule has 1 fully saturated rings. The summed E-state index contributed by atoms with van der Waals surface area (Å²) in [4.78, 5) is 33.8. The van der Waals surface area contributed by atoms with Gasteiger partial charge in [-0.1, -0.05) is 0 Å². The Morgan fingerprint density at radius 3 is 2.76 bits per heavy atom. The zero-order valence-electron chi connectivity index (χ0n) is 14.7. The molecule has 8 nitrogen and oxygen atoms in total. The van der Waals surface area contributed by atoms with Gasteiger partial charge in [0.2, 0.25) is 5.91 Å². The van der Waals surface area contributed by atoms with Crippen LogP contribution in [0.25, 0.3) is 0 Å². The van der Waals surface area contributed by atoms with Crippen LogP contribution in [0.3, 0.4) is 0 Å². The summed E-state index contributed by atoms with van der Waals surface area (Å²) in [5.74, 6) is 0.158. The van der Waals surface area contributed by atoms with Gasteiger partial charge in [0.25, 0.3) is 0 Å². The van der Waals surface area contributed by atoms with Gasteiger partial charge in [-0.25, -0.2) is 9.78 Å². The van der Waals surface area contributed by atoms with Gasteiger partial charge in [-0.15, -0.1) is 11.3 Å². The Labute approximate surface area is 151 Å². The molecule has 1 aromatic heterocycles. The van der Waals surface area contributed by atoms with E-state index >= 15 is 0 Å². The largest absolute Gasteiger partial charge is 0.378 e. The number of rotatable bonds is 4. The monoisotopic (exact) mass is 367 g/mol. The number of nitrogens with one attached hydrogen (secondary N) is 2. The Balaban J connectivity index is 1.54. The molecule has 0 aromatic carbocycles. The van der Waals surface area contributed by atoms with E-state index in [9.17, 15) is 9.59 Å². The molecule has 0 atom stereocenters. The van der Waals surface area contributed by atoms with Crippen LogP contribution in [-0.4, -0.2) is 72.2 Å². The Morgan fingerprint density at radius 1 is 1.28 bits per heavy atom. The van der Waals surface area contributed by atoms with Crippen molar-refractivity contribution in [2.45, 2.75) is 32.9 Å². The van der Waals surface area contributed by atoms with Crippen molar-refractivity contribution in [2.24, 2.45) is 0 Å². The quantitative estimate of drug-likeness (QED) is 0.825. The number of hydrogen-bond acceptors (Lipinski definition) is 6. The van der Waals surface area contributed by atoms with Crippen LogP contribution in [0.4, 0.5) is 9.93 Å². The fourth-order valence-corrected chi connectivity index (χ4v) is 3.98. The third-order valence-corrected chi connectivity index (χ3v) is 5.17. The molecule has 0 bridgehead atoms. The van der Waals surface area contributed by atoms with Crippen LogP contribution < -0.4 is 10.6 Å². The van der Waals surface area contributed by atoms with Crippen molar-refractivity contribution in [1.29, 1.82) is 0 Å². The molecule has 0 aliphatic carbocycles. The zero-order chi connectivity index (χ0) is 17.8. The summed E-state index contributed by atoms with van der Waals surface area (Å²) in [6.07, 6.45) is 0.801. The second-order valence-electron chi connectivity index (χ2n) is 6.60. The van der Waals surface area contributed by atoms with E-state index in [0.717, 1.165) is 23.5 Å². The van der Waals surface area contributed by atoms with Gasteiger partial charge >= 0.3 is 6.03 Å². The molecule has 9 heteroatoms. The molecule has 2 aliphatic heterocycles. The van der Waals surface area contributed by atoms with Crippen molar-refractivity contribution in [3.8, 4) is 0 Å². The van der Waals surface area contributed by atoms with Gasteiger partial charge in [0.15, 0.2) is 5.13 Å². The summed E-state index contributed by atoms with van der Waals surface area (Å²) in [7, 11) is 0. The lowest BCUT2D eigenvalue weighted by molar-refractivity contribution is -0.136. The molecular formula is C16H25N5O3S. The average Bonchev–Trinajstić information content (AvgIpc) is 2.96. The van der Waals surface area contributed by atoms with E-state index in [1.807, 2.05) is 18.7 Å². The van der Waals surface area contributed by atoms with E-state index in [2.05, 4.69) is 20.5 Å². The fourth-order valence-electron chi connectivity index (χ4n) is 2.94. The Hall–Kier alpha value is -1.71. The number of aromatic nitrogens is 1. The van der Waals surface area contributed by atoms with Crippen LogP contribution in [0.1, 0.15) is 24.4 Å². The van der Waals surface area contributed by atoms with Crippen LogP contribution >= 0.6 is 11.3 Å². The van der Waals surface area contributed by atoms with E-state index in [-0.39, 0.29) is 18.0 Å². The molecule has 0 saturated carbocycles. The van der Waals surface area contributed by atoms with Crippen LogP contribution in [0.5, 0.6) is 0 Å². The fraction of sp³-hybridized carbons (Fsp3) is 0.688. The van der Waals surface area contributed by atoms with Crippen molar-refractivity contribution in [3.63, 3.8) is 0 Å². The second-order valence-corrected chi connectivity index (χ2v) is 7.68. The highest BCUT2D eigenvalue weighted by Gasteiger charge is 2.25. The summed E-state index contributed by atoms with van der Waals surface area (Å²) in [6.45, 7) is 8.37. The van der Waals surface area contributed by atoms with E-state index in [1.165, 1.54) is 11.3 Å². The average molecular weight is 367 g/mol. The number of amides is 3. The molecule has 1 saturated heterocycles. The number of anilines is 1. The topological polar surface area (TPSA) is 86.8 Å².